The zero-order valence-corrected chi connectivity index (χ0v) is 11.4. The molecule has 1 amide bonds. The Morgan fingerprint density at radius 2 is 2.30 bits per heavy atom. The summed E-state index contributed by atoms with van der Waals surface area (Å²) >= 11 is 0. The quantitative estimate of drug-likeness (QED) is 0.878. The molecule has 1 aliphatic rings. The van der Waals surface area contributed by atoms with Crippen molar-refractivity contribution in [2.24, 2.45) is 5.73 Å². The number of nitrogens with one attached hydrogen (secondary N) is 1. The van der Waals surface area contributed by atoms with Gasteiger partial charge < -0.3 is 15.5 Å². The highest BCUT2D eigenvalue weighted by atomic mass is 16.5. The molecule has 3 heterocycles. The average Bonchev–Trinajstić information content (AvgIpc) is 2.79. The molecular weight excluding hydrogens is 254 g/mol. The van der Waals surface area contributed by atoms with Gasteiger partial charge in [0.15, 0.2) is 0 Å². The first kappa shape index (κ1) is 12.5. The molecule has 0 saturated carbocycles. The summed E-state index contributed by atoms with van der Waals surface area (Å²) in [6, 6.07) is 1.84. The predicted molar refractivity (Wildman–Crippen MR) is 76.3 cm³/mol. The van der Waals surface area contributed by atoms with Crippen LogP contribution >= 0.6 is 0 Å². The van der Waals surface area contributed by atoms with E-state index in [2.05, 4.69) is 16.5 Å². The molecule has 0 fully saturated rings. The number of ether oxygens (including phenoxy) is 1. The van der Waals surface area contributed by atoms with Gasteiger partial charge in [-0.15, -0.1) is 0 Å². The van der Waals surface area contributed by atoms with Crippen molar-refractivity contribution < 1.29 is 9.53 Å². The van der Waals surface area contributed by atoms with Crippen molar-refractivity contribution in [1.29, 1.82) is 0 Å². The van der Waals surface area contributed by atoms with Crippen molar-refractivity contribution >= 4 is 12.0 Å². The lowest BCUT2D eigenvalue weighted by molar-refractivity contribution is 0.0995. The van der Waals surface area contributed by atoms with Crippen molar-refractivity contribution in [3.05, 3.63) is 41.9 Å². The van der Waals surface area contributed by atoms with E-state index in [9.17, 15) is 4.79 Å². The predicted octanol–water partition coefficient (Wildman–Crippen LogP) is 2.45. The fourth-order valence-electron chi connectivity index (χ4n) is 2.73. The summed E-state index contributed by atoms with van der Waals surface area (Å²) in [7, 11) is 0. The van der Waals surface area contributed by atoms with E-state index in [0.717, 1.165) is 16.8 Å². The number of H-pyrrole nitrogens is 1. The van der Waals surface area contributed by atoms with E-state index in [0.29, 0.717) is 17.0 Å². The summed E-state index contributed by atoms with van der Waals surface area (Å²) in [5.41, 5.74) is 8.48. The van der Waals surface area contributed by atoms with E-state index in [4.69, 9.17) is 10.5 Å². The number of nitrogens with two attached hydrogens (primary N) is 1. The summed E-state index contributed by atoms with van der Waals surface area (Å²) < 4.78 is 6.00. The van der Waals surface area contributed by atoms with E-state index in [-0.39, 0.29) is 0 Å². The number of carbonyl (C=O) groups excluding carboxylic acids is 1. The van der Waals surface area contributed by atoms with Crippen molar-refractivity contribution in [3.63, 3.8) is 0 Å². The molecule has 3 N–H and O–H groups in total. The highest BCUT2D eigenvalue weighted by molar-refractivity contribution is 5.98. The molecule has 2 aromatic heterocycles. The molecule has 0 saturated heterocycles. The number of aromatic nitrogens is 2. The first-order chi connectivity index (χ1) is 9.45. The van der Waals surface area contributed by atoms with E-state index in [1.54, 1.807) is 18.5 Å². The third-order valence-electron chi connectivity index (χ3n) is 3.51. The fourth-order valence-corrected chi connectivity index (χ4v) is 2.73. The highest BCUT2D eigenvalue weighted by Crippen LogP contribution is 2.46. The Morgan fingerprint density at radius 1 is 1.55 bits per heavy atom. The maximum absolute atomic E-state index is 11.6. The largest absolute Gasteiger partial charge is 0.481 e. The number of aromatic amines is 1. The Balaban J connectivity index is 2.39. The van der Waals surface area contributed by atoms with Crippen LogP contribution in [0.2, 0.25) is 0 Å². The Bertz CT molecular complexity index is 729. The SMILES string of the molecule is C=Cc1c(C(N)=O)[nH]c2c1C(C)(C)Oc1cnccc1-2. The molecule has 0 bridgehead atoms. The maximum atomic E-state index is 11.6. The van der Waals surface area contributed by atoms with Crippen molar-refractivity contribution in [2.45, 2.75) is 19.4 Å². The number of carbonyl (C=O) groups is 1. The minimum Gasteiger partial charge on any atom is -0.481 e. The number of nitrogens with zero attached hydrogens (tertiary/aromatic N) is 1. The van der Waals surface area contributed by atoms with Gasteiger partial charge >= 0.3 is 0 Å². The van der Waals surface area contributed by atoms with E-state index in [1.165, 1.54) is 0 Å². The van der Waals surface area contributed by atoms with Crippen LogP contribution in [0.1, 0.15) is 35.5 Å². The van der Waals surface area contributed by atoms with Crippen molar-refractivity contribution in [3.8, 4) is 17.0 Å². The van der Waals surface area contributed by atoms with Gasteiger partial charge in [0.1, 0.15) is 17.0 Å². The lowest BCUT2D eigenvalue weighted by atomic mass is 9.88. The second-order valence-electron chi connectivity index (χ2n) is 5.22. The molecule has 1 aliphatic heterocycles. The zero-order valence-electron chi connectivity index (χ0n) is 11.4. The monoisotopic (exact) mass is 269 g/mol. The minimum atomic E-state index is -0.598. The molecule has 5 nitrogen and oxygen atoms in total. The van der Waals surface area contributed by atoms with E-state index >= 15 is 0 Å². The number of hydrogen-bond acceptors (Lipinski definition) is 3. The standard InChI is InChI=1S/C15H15N3O2/c1-4-8-11-12(18-13(8)14(16)19)9-5-6-17-7-10(9)20-15(11,2)3/h4-7,18H,1H2,2-3H3,(H2,16,19). The second-order valence-corrected chi connectivity index (χ2v) is 5.22. The number of pyridine rings is 1. The second kappa shape index (κ2) is 3.96. The molecule has 0 radical (unpaired) electrons. The van der Waals surface area contributed by atoms with E-state index < -0.39 is 11.5 Å². The van der Waals surface area contributed by atoms with E-state index in [1.807, 2.05) is 19.9 Å². The lowest BCUT2D eigenvalue weighted by Crippen LogP contribution is -2.29. The molecule has 0 unspecified atom stereocenters. The molecule has 5 heteroatoms. The molecule has 20 heavy (non-hydrogen) atoms. The molecule has 2 aromatic rings. The Morgan fingerprint density at radius 3 is 2.95 bits per heavy atom. The normalized spacial score (nSPS) is 14.9. The van der Waals surface area contributed by atoms with Crippen LogP contribution in [0.5, 0.6) is 5.75 Å². The number of rotatable bonds is 2. The minimum absolute atomic E-state index is 0.353. The number of fused-ring (bicyclic) bond motifs is 3. The summed E-state index contributed by atoms with van der Waals surface area (Å²) in [5.74, 6) is 0.165. The number of hydrogen-bond donors (Lipinski definition) is 2. The van der Waals surface area contributed by atoms with Crippen LogP contribution in [0.15, 0.2) is 25.0 Å². The molecule has 0 aliphatic carbocycles. The number of primary amides is 1. The van der Waals surface area contributed by atoms with Gasteiger partial charge in [-0.05, 0) is 19.9 Å². The van der Waals surface area contributed by atoms with Crippen LogP contribution in [0.3, 0.4) is 0 Å². The summed E-state index contributed by atoms with van der Waals surface area (Å²) in [6.07, 6.45) is 4.98. The topological polar surface area (TPSA) is 81.0 Å². The molecule has 0 spiro atoms. The third kappa shape index (κ3) is 1.56. The first-order valence-corrected chi connectivity index (χ1v) is 6.28. The van der Waals surface area contributed by atoms with Crippen LogP contribution in [0, 0.1) is 0 Å². The fraction of sp³-hybridized carbons (Fsp3) is 0.200. The van der Waals surface area contributed by atoms with Crippen LogP contribution in [-0.2, 0) is 5.60 Å². The van der Waals surface area contributed by atoms with Gasteiger partial charge in [-0.3, -0.25) is 9.78 Å². The zero-order chi connectivity index (χ0) is 14.5. The van der Waals surface area contributed by atoms with Crippen LogP contribution in [0.25, 0.3) is 17.3 Å². The van der Waals surface area contributed by atoms with Crippen LogP contribution in [-0.4, -0.2) is 15.9 Å². The van der Waals surface area contributed by atoms with Gasteiger partial charge in [-0.25, -0.2) is 0 Å². The maximum Gasteiger partial charge on any atom is 0.265 e. The van der Waals surface area contributed by atoms with Gasteiger partial charge in [0, 0.05) is 22.9 Å². The summed E-state index contributed by atoms with van der Waals surface area (Å²) in [6.45, 7) is 7.66. The van der Waals surface area contributed by atoms with Crippen LogP contribution < -0.4 is 10.5 Å². The Labute approximate surface area is 116 Å². The van der Waals surface area contributed by atoms with Gasteiger partial charge in [0.05, 0.1) is 11.9 Å². The Kier molecular flexibility index (Phi) is 2.47. The third-order valence-corrected chi connectivity index (χ3v) is 3.51. The Hall–Kier alpha value is -2.56. The molecule has 0 atom stereocenters. The smallest absolute Gasteiger partial charge is 0.265 e. The van der Waals surface area contributed by atoms with Crippen LogP contribution in [0.4, 0.5) is 0 Å². The van der Waals surface area contributed by atoms with Gasteiger partial charge in [-0.2, -0.15) is 0 Å². The molecular formula is C15H15N3O2. The van der Waals surface area contributed by atoms with Crippen molar-refractivity contribution in [2.75, 3.05) is 0 Å². The molecule has 102 valence electrons. The molecule has 0 aromatic carbocycles. The average molecular weight is 269 g/mol. The summed E-state index contributed by atoms with van der Waals surface area (Å²) in [4.78, 5) is 18.8. The van der Waals surface area contributed by atoms with Gasteiger partial charge in [-0.1, -0.05) is 12.7 Å². The van der Waals surface area contributed by atoms with Gasteiger partial charge in [0.2, 0.25) is 0 Å². The van der Waals surface area contributed by atoms with Gasteiger partial charge in [0.25, 0.3) is 5.91 Å². The lowest BCUT2D eigenvalue weighted by Gasteiger charge is -2.33. The summed E-state index contributed by atoms with van der Waals surface area (Å²) in [5, 5.41) is 0. The number of amides is 1. The highest BCUT2D eigenvalue weighted by Gasteiger charge is 2.37. The first-order valence-electron chi connectivity index (χ1n) is 6.28. The van der Waals surface area contributed by atoms with Crippen molar-refractivity contribution in [1.82, 2.24) is 9.97 Å². The molecule has 3 rings (SSSR count).